The number of nitrogens with zero attached hydrogens (tertiary/aromatic N) is 2. The summed E-state index contributed by atoms with van der Waals surface area (Å²) in [4.78, 5) is 4.20. The highest BCUT2D eigenvalue weighted by atomic mass is 32.2. The Hall–Kier alpha value is -0.630. The van der Waals surface area contributed by atoms with Gasteiger partial charge in [0, 0.05) is 42.6 Å². The third-order valence-corrected chi connectivity index (χ3v) is 6.73. The van der Waals surface area contributed by atoms with Crippen molar-refractivity contribution in [2.24, 2.45) is 0 Å². The first-order chi connectivity index (χ1) is 9.19. The molecule has 2 saturated heterocycles. The van der Waals surface area contributed by atoms with Crippen molar-refractivity contribution < 1.29 is 13.2 Å². The molecule has 0 spiro atoms. The lowest BCUT2D eigenvalue weighted by Gasteiger charge is -2.42. The second-order valence-electron chi connectivity index (χ2n) is 4.64. The lowest BCUT2D eigenvalue weighted by atomic mass is 10.1. The first-order valence-electron chi connectivity index (χ1n) is 6.31. The molecule has 3 rings (SSSR count). The summed E-state index contributed by atoms with van der Waals surface area (Å²) in [5, 5.41) is 0.258. The van der Waals surface area contributed by atoms with E-state index < -0.39 is 10.0 Å². The van der Waals surface area contributed by atoms with E-state index in [1.54, 1.807) is 22.6 Å². The van der Waals surface area contributed by atoms with Gasteiger partial charge in [-0.3, -0.25) is 4.98 Å². The van der Waals surface area contributed by atoms with Crippen LogP contribution in [0.3, 0.4) is 0 Å². The van der Waals surface area contributed by atoms with Gasteiger partial charge >= 0.3 is 0 Å². The molecule has 2 fully saturated rings. The molecule has 0 bridgehead atoms. The van der Waals surface area contributed by atoms with Crippen LogP contribution in [0.5, 0.6) is 0 Å². The molecule has 2 aliphatic heterocycles. The second kappa shape index (κ2) is 5.40. The minimum Gasteiger partial charge on any atom is -0.380 e. The van der Waals surface area contributed by atoms with E-state index in [1.807, 2.05) is 11.8 Å². The predicted molar refractivity (Wildman–Crippen MR) is 73.6 cm³/mol. The molecule has 2 atom stereocenters. The molecule has 19 heavy (non-hydrogen) atoms. The number of hydrogen-bond acceptors (Lipinski definition) is 5. The molecule has 1 aromatic heterocycles. The van der Waals surface area contributed by atoms with Crippen LogP contribution >= 0.6 is 11.8 Å². The van der Waals surface area contributed by atoms with E-state index in [-0.39, 0.29) is 16.2 Å². The summed E-state index contributed by atoms with van der Waals surface area (Å²) in [7, 11) is -3.43. The summed E-state index contributed by atoms with van der Waals surface area (Å²) >= 11 is 1.82. The minimum atomic E-state index is -3.43. The van der Waals surface area contributed by atoms with Crippen molar-refractivity contribution in [2.45, 2.75) is 22.6 Å². The molecule has 2 aliphatic rings. The van der Waals surface area contributed by atoms with Gasteiger partial charge in [0.05, 0.1) is 6.61 Å². The molecular formula is C12H16N2O3S2. The van der Waals surface area contributed by atoms with E-state index in [0.717, 1.165) is 12.2 Å². The van der Waals surface area contributed by atoms with Crippen LogP contribution in [-0.2, 0) is 14.8 Å². The number of thioether (sulfide) groups is 1. The zero-order valence-electron chi connectivity index (χ0n) is 10.4. The maximum absolute atomic E-state index is 12.7. The van der Waals surface area contributed by atoms with Crippen molar-refractivity contribution in [1.82, 2.24) is 9.29 Å². The number of fused-ring (bicyclic) bond motifs is 1. The molecule has 104 valence electrons. The molecule has 0 saturated carbocycles. The van der Waals surface area contributed by atoms with Gasteiger partial charge in [0.25, 0.3) is 0 Å². The summed E-state index contributed by atoms with van der Waals surface area (Å²) in [6.45, 7) is 1.86. The average Bonchev–Trinajstić information content (AvgIpc) is 2.47. The van der Waals surface area contributed by atoms with Crippen molar-refractivity contribution in [1.29, 1.82) is 0 Å². The van der Waals surface area contributed by atoms with Crippen LogP contribution in [0, 0.1) is 0 Å². The van der Waals surface area contributed by atoms with Crippen molar-refractivity contribution in [3.05, 3.63) is 24.5 Å². The molecular weight excluding hydrogens is 284 g/mol. The third-order valence-electron chi connectivity index (χ3n) is 3.52. The minimum absolute atomic E-state index is 0.0534. The predicted octanol–water partition coefficient (Wildman–Crippen LogP) is 0.977. The molecule has 0 N–H and O–H groups in total. The van der Waals surface area contributed by atoms with Crippen LogP contribution < -0.4 is 0 Å². The molecule has 1 aromatic rings. The van der Waals surface area contributed by atoms with Crippen molar-refractivity contribution in [2.75, 3.05) is 25.5 Å². The Morgan fingerprint density at radius 3 is 3.16 bits per heavy atom. The highest BCUT2D eigenvalue weighted by Crippen LogP contribution is 2.33. The third kappa shape index (κ3) is 2.52. The van der Waals surface area contributed by atoms with Crippen LogP contribution in [0.2, 0.25) is 0 Å². The molecule has 2 unspecified atom stereocenters. The van der Waals surface area contributed by atoms with E-state index in [2.05, 4.69) is 4.98 Å². The monoisotopic (exact) mass is 300 g/mol. The van der Waals surface area contributed by atoms with Crippen LogP contribution in [-0.4, -0.2) is 54.5 Å². The number of rotatable bonds is 2. The van der Waals surface area contributed by atoms with Gasteiger partial charge in [-0.1, -0.05) is 0 Å². The maximum Gasteiger partial charge on any atom is 0.244 e. The Kier molecular flexibility index (Phi) is 3.79. The fraction of sp³-hybridized carbons (Fsp3) is 0.583. The van der Waals surface area contributed by atoms with Crippen LogP contribution in [0.15, 0.2) is 29.4 Å². The molecule has 0 radical (unpaired) electrons. The van der Waals surface area contributed by atoms with E-state index >= 15 is 0 Å². The largest absolute Gasteiger partial charge is 0.380 e. The van der Waals surface area contributed by atoms with Crippen LogP contribution in [0.1, 0.15) is 6.42 Å². The Morgan fingerprint density at radius 2 is 2.37 bits per heavy atom. The molecule has 5 nitrogen and oxygen atoms in total. The van der Waals surface area contributed by atoms with Gasteiger partial charge in [-0.2, -0.15) is 16.1 Å². The Morgan fingerprint density at radius 1 is 1.47 bits per heavy atom. The molecule has 0 aromatic carbocycles. The van der Waals surface area contributed by atoms with Gasteiger partial charge in [0.2, 0.25) is 10.0 Å². The molecule has 0 aliphatic carbocycles. The van der Waals surface area contributed by atoms with E-state index in [1.165, 1.54) is 6.20 Å². The number of hydrogen-bond donors (Lipinski definition) is 0. The van der Waals surface area contributed by atoms with Gasteiger partial charge in [-0.15, -0.1) is 0 Å². The van der Waals surface area contributed by atoms with E-state index in [0.29, 0.717) is 19.8 Å². The van der Waals surface area contributed by atoms with Gasteiger partial charge in [0.15, 0.2) is 0 Å². The number of pyridine rings is 1. The molecule has 3 heterocycles. The van der Waals surface area contributed by atoms with Crippen molar-refractivity contribution in [3.8, 4) is 0 Å². The average molecular weight is 300 g/mol. The number of sulfonamides is 1. The van der Waals surface area contributed by atoms with Gasteiger partial charge in [-0.05, 0) is 18.6 Å². The first kappa shape index (κ1) is 13.4. The Bertz CT molecular complexity index is 533. The summed E-state index contributed by atoms with van der Waals surface area (Å²) in [5.41, 5.74) is 0. The van der Waals surface area contributed by atoms with Gasteiger partial charge < -0.3 is 4.74 Å². The standard InChI is InChI=1S/C12H16N2O3S2/c15-19(16,10-2-1-4-13-8-10)14-5-7-18-12-9-17-6-3-11(12)14/h1-2,4,8,11-12H,3,5-7,9H2. The summed E-state index contributed by atoms with van der Waals surface area (Å²) in [5.74, 6) is 0.823. The summed E-state index contributed by atoms with van der Waals surface area (Å²) in [6.07, 6.45) is 3.78. The lowest BCUT2D eigenvalue weighted by Crippen LogP contribution is -2.54. The Balaban J connectivity index is 1.91. The summed E-state index contributed by atoms with van der Waals surface area (Å²) in [6, 6.07) is 3.32. The number of ether oxygens (including phenoxy) is 1. The summed E-state index contributed by atoms with van der Waals surface area (Å²) < 4.78 is 32.5. The highest BCUT2D eigenvalue weighted by Gasteiger charge is 2.40. The fourth-order valence-electron chi connectivity index (χ4n) is 2.58. The van der Waals surface area contributed by atoms with E-state index in [9.17, 15) is 8.42 Å². The molecule has 7 heteroatoms. The van der Waals surface area contributed by atoms with Crippen LogP contribution in [0.25, 0.3) is 0 Å². The fourth-order valence-corrected chi connectivity index (χ4v) is 5.73. The quantitative estimate of drug-likeness (QED) is 0.815. The van der Waals surface area contributed by atoms with E-state index in [4.69, 9.17) is 4.74 Å². The van der Waals surface area contributed by atoms with Gasteiger partial charge in [0.1, 0.15) is 4.90 Å². The molecule has 0 amide bonds. The Labute approximate surface area is 117 Å². The normalized spacial score (nSPS) is 28.8. The highest BCUT2D eigenvalue weighted by molar-refractivity contribution is 8.00. The lowest BCUT2D eigenvalue weighted by molar-refractivity contribution is 0.0625. The van der Waals surface area contributed by atoms with Gasteiger partial charge in [-0.25, -0.2) is 8.42 Å². The first-order valence-corrected chi connectivity index (χ1v) is 8.80. The zero-order valence-corrected chi connectivity index (χ0v) is 12.1. The van der Waals surface area contributed by atoms with Crippen molar-refractivity contribution >= 4 is 21.8 Å². The SMILES string of the molecule is O=S(=O)(c1cccnc1)N1CCSC2COCCC21. The van der Waals surface area contributed by atoms with Crippen LogP contribution in [0.4, 0.5) is 0 Å². The van der Waals surface area contributed by atoms with Crippen molar-refractivity contribution in [3.63, 3.8) is 0 Å². The number of aromatic nitrogens is 1. The smallest absolute Gasteiger partial charge is 0.244 e. The second-order valence-corrected chi connectivity index (χ2v) is 7.88. The zero-order chi connectivity index (χ0) is 13.3. The maximum atomic E-state index is 12.7. The topological polar surface area (TPSA) is 59.5 Å².